The Kier molecular flexibility index (Phi) is 5.36. The van der Waals surface area contributed by atoms with E-state index in [-0.39, 0.29) is 18.3 Å². The van der Waals surface area contributed by atoms with Crippen molar-refractivity contribution in [1.82, 2.24) is 5.32 Å². The fraction of sp³-hybridized carbons (Fsp3) is 0.308. The van der Waals surface area contributed by atoms with Crippen molar-refractivity contribution < 1.29 is 9.18 Å². The van der Waals surface area contributed by atoms with Crippen molar-refractivity contribution in [3.63, 3.8) is 0 Å². The standard InChI is InChI=1S/C13H17FN2O/c1-10(2)6-7-15-9-13(17)16-12-5-3-4-11(14)8-12/h3-6,8,15H,7,9H2,1-2H3,(H,16,17). The second kappa shape index (κ2) is 6.81. The number of carbonyl (C=O) groups is 1. The van der Waals surface area contributed by atoms with Gasteiger partial charge in [0.1, 0.15) is 5.82 Å². The van der Waals surface area contributed by atoms with Gasteiger partial charge in [0.2, 0.25) is 5.91 Å². The van der Waals surface area contributed by atoms with Crippen LogP contribution in [0.5, 0.6) is 0 Å². The predicted molar refractivity (Wildman–Crippen MR) is 67.3 cm³/mol. The number of nitrogens with one attached hydrogen (secondary N) is 2. The maximum absolute atomic E-state index is 12.8. The first kappa shape index (κ1) is 13.4. The van der Waals surface area contributed by atoms with Crippen LogP contribution in [0.4, 0.5) is 10.1 Å². The number of halogens is 1. The molecule has 2 N–H and O–H groups in total. The van der Waals surface area contributed by atoms with Gasteiger partial charge < -0.3 is 10.6 Å². The molecule has 0 saturated heterocycles. The number of carbonyl (C=O) groups excluding carboxylic acids is 1. The first-order valence-corrected chi connectivity index (χ1v) is 5.47. The Morgan fingerprint density at radius 2 is 2.18 bits per heavy atom. The Balaban J connectivity index is 2.32. The van der Waals surface area contributed by atoms with Crippen LogP contribution in [-0.2, 0) is 4.79 Å². The SMILES string of the molecule is CC(C)=CCNCC(=O)Nc1cccc(F)c1. The van der Waals surface area contributed by atoms with E-state index in [1.165, 1.54) is 17.7 Å². The summed E-state index contributed by atoms with van der Waals surface area (Å²) >= 11 is 0. The van der Waals surface area contributed by atoms with Gasteiger partial charge in [0, 0.05) is 12.2 Å². The average Bonchev–Trinajstić information content (AvgIpc) is 2.24. The number of hydrogen-bond acceptors (Lipinski definition) is 2. The van der Waals surface area contributed by atoms with Crippen LogP contribution in [0.25, 0.3) is 0 Å². The summed E-state index contributed by atoms with van der Waals surface area (Å²) in [6, 6.07) is 5.83. The van der Waals surface area contributed by atoms with E-state index >= 15 is 0 Å². The summed E-state index contributed by atoms with van der Waals surface area (Å²) in [7, 11) is 0. The van der Waals surface area contributed by atoms with Crippen molar-refractivity contribution in [2.75, 3.05) is 18.4 Å². The highest BCUT2D eigenvalue weighted by Gasteiger charge is 2.01. The number of benzene rings is 1. The molecule has 0 atom stereocenters. The lowest BCUT2D eigenvalue weighted by molar-refractivity contribution is -0.115. The molecule has 0 saturated carbocycles. The zero-order valence-electron chi connectivity index (χ0n) is 10.1. The molecule has 1 aromatic rings. The van der Waals surface area contributed by atoms with Crippen molar-refractivity contribution in [3.05, 3.63) is 41.7 Å². The quantitative estimate of drug-likeness (QED) is 0.608. The van der Waals surface area contributed by atoms with Crippen molar-refractivity contribution in [3.8, 4) is 0 Å². The average molecular weight is 236 g/mol. The first-order valence-electron chi connectivity index (χ1n) is 5.47. The number of rotatable bonds is 5. The zero-order valence-corrected chi connectivity index (χ0v) is 10.1. The highest BCUT2D eigenvalue weighted by Crippen LogP contribution is 2.08. The van der Waals surface area contributed by atoms with Crippen LogP contribution in [0.15, 0.2) is 35.9 Å². The van der Waals surface area contributed by atoms with Crippen molar-refractivity contribution in [1.29, 1.82) is 0 Å². The second-order valence-electron chi connectivity index (χ2n) is 3.97. The smallest absolute Gasteiger partial charge is 0.238 e. The monoisotopic (exact) mass is 236 g/mol. The summed E-state index contributed by atoms with van der Waals surface area (Å²) in [5.74, 6) is -0.543. The van der Waals surface area contributed by atoms with Crippen LogP contribution in [0.3, 0.4) is 0 Å². The summed E-state index contributed by atoms with van der Waals surface area (Å²) in [5.41, 5.74) is 1.67. The van der Waals surface area contributed by atoms with Gasteiger partial charge in [-0.2, -0.15) is 0 Å². The van der Waals surface area contributed by atoms with Crippen molar-refractivity contribution in [2.24, 2.45) is 0 Å². The summed E-state index contributed by atoms with van der Waals surface area (Å²) in [4.78, 5) is 11.5. The lowest BCUT2D eigenvalue weighted by atomic mass is 10.3. The predicted octanol–water partition coefficient (Wildman–Crippen LogP) is 2.32. The molecule has 0 aromatic heterocycles. The molecule has 0 fully saturated rings. The third kappa shape index (κ3) is 5.82. The summed E-state index contributed by atoms with van der Waals surface area (Å²) in [6.45, 7) is 4.85. The highest BCUT2D eigenvalue weighted by atomic mass is 19.1. The Hall–Kier alpha value is -1.68. The largest absolute Gasteiger partial charge is 0.325 e. The van der Waals surface area contributed by atoms with Crippen LogP contribution in [0.1, 0.15) is 13.8 Å². The number of allylic oxidation sites excluding steroid dienone is 1. The van der Waals surface area contributed by atoms with Gasteiger partial charge in [0.15, 0.2) is 0 Å². The van der Waals surface area contributed by atoms with Crippen molar-refractivity contribution >= 4 is 11.6 Å². The van der Waals surface area contributed by atoms with Crippen molar-refractivity contribution in [2.45, 2.75) is 13.8 Å². The van der Waals surface area contributed by atoms with E-state index < -0.39 is 0 Å². The molecule has 0 bridgehead atoms. The summed E-state index contributed by atoms with van der Waals surface area (Å²) in [5, 5.41) is 5.58. The molecule has 92 valence electrons. The lowest BCUT2D eigenvalue weighted by Crippen LogP contribution is -2.28. The highest BCUT2D eigenvalue weighted by molar-refractivity contribution is 5.92. The van der Waals surface area contributed by atoms with Gasteiger partial charge in [0.05, 0.1) is 6.54 Å². The molecule has 0 heterocycles. The molecular weight excluding hydrogens is 219 g/mol. The third-order valence-corrected chi connectivity index (χ3v) is 2.05. The van der Waals surface area contributed by atoms with Gasteiger partial charge in [-0.25, -0.2) is 4.39 Å². The first-order chi connectivity index (χ1) is 8.08. The van der Waals surface area contributed by atoms with E-state index in [0.717, 1.165) is 0 Å². The van der Waals surface area contributed by atoms with Gasteiger partial charge in [-0.3, -0.25) is 4.79 Å². The topological polar surface area (TPSA) is 41.1 Å². The molecule has 0 aliphatic heterocycles. The Morgan fingerprint density at radius 1 is 1.41 bits per heavy atom. The molecule has 0 spiro atoms. The third-order valence-electron chi connectivity index (χ3n) is 2.05. The molecule has 1 amide bonds. The van der Waals surface area contributed by atoms with Gasteiger partial charge in [0.25, 0.3) is 0 Å². The Labute approximate surface area is 101 Å². The van der Waals surface area contributed by atoms with Gasteiger partial charge in [-0.15, -0.1) is 0 Å². The molecule has 0 radical (unpaired) electrons. The van der Waals surface area contributed by atoms with Gasteiger partial charge in [-0.1, -0.05) is 17.7 Å². The van der Waals surface area contributed by atoms with E-state index in [0.29, 0.717) is 12.2 Å². The van der Waals surface area contributed by atoms with E-state index in [9.17, 15) is 9.18 Å². The van der Waals surface area contributed by atoms with Crippen LogP contribution >= 0.6 is 0 Å². The number of anilines is 1. The number of amides is 1. The lowest BCUT2D eigenvalue weighted by Gasteiger charge is -2.05. The summed E-state index contributed by atoms with van der Waals surface area (Å²) < 4.78 is 12.8. The minimum atomic E-state index is -0.361. The minimum absolute atomic E-state index is 0.183. The molecule has 0 aliphatic carbocycles. The molecular formula is C13H17FN2O. The molecule has 17 heavy (non-hydrogen) atoms. The van der Waals surface area contributed by atoms with E-state index in [1.54, 1.807) is 12.1 Å². The summed E-state index contributed by atoms with van der Waals surface area (Å²) in [6.07, 6.45) is 2.00. The fourth-order valence-electron chi connectivity index (χ4n) is 1.23. The van der Waals surface area contributed by atoms with Gasteiger partial charge in [-0.05, 0) is 32.0 Å². The molecule has 0 aliphatic rings. The molecule has 1 rings (SSSR count). The van der Waals surface area contributed by atoms with Crippen LogP contribution in [-0.4, -0.2) is 19.0 Å². The molecule has 0 unspecified atom stereocenters. The van der Waals surface area contributed by atoms with E-state index in [1.807, 2.05) is 19.9 Å². The zero-order chi connectivity index (χ0) is 12.7. The second-order valence-corrected chi connectivity index (χ2v) is 3.97. The van der Waals surface area contributed by atoms with Gasteiger partial charge >= 0.3 is 0 Å². The normalized spacial score (nSPS) is 9.82. The minimum Gasteiger partial charge on any atom is -0.325 e. The molecule has 1 aromatic carbocycles. The van der Waals surface area contributed by atoms with Crippen LogP contribution < -0.4 is 10.6 Å². The maximum atomic E-state index is 12.8. The Morgan fingerprint density at radius 3 is 2.82 bits per heavy atom. The molecule has 4 heteroatoms. The van der Waals surface area contributed by atoms with E-state index in [2.05, 4.69) is 10.6 Å². The number of hydrogen-bond donors (Lipinski definition) is 2. The van der Waals surface area contributed by atoms with Crippen LogP contribution in [0.2, 0.25) is 0 Å². The van der Waals surface area contributed by atoms with E-state index in [4.69, 9.17) is 0 Å². The Bertz CT molecular complexity index is 412. The maximum Gasteiger partial charge on any atom is 0.238 e. The molecule has 3 nitrogen and oxygen atoms in total. The fourth-order valence-corrected chi connectivity index (χ4v) is 1.23. The van der Waals surface area contributed by atoms with Crippen LogP contribution in [0, 0.1) is 5.82 Å².